The molecule has 0 radical (unpaired) electrons. The Morgan fingerprint density at radius 3 is 2.41 bits per heavy atom. The van der Waals surface area contributed by atoms with Gasteiger partial charge in [-0.2, -0.15) is 4.98 Å². The fraction of sp³-hybridized carbons (Fsp3) is 0.450. The Hall–Kier alpha value is -2.83. The van der Waals surface area contributed by atoms with Crippen molar-refractivity contribution in [2.45, 2.75) is 40.8 Å². The largest absolute Gasteiger partial charge is 0.332 e. The molecule has 3 heterocycles. The first kappa shape index (κ1) is 17.6. The van der Waals surface area contributed by atoms with Crippen LogP contribution in [-0.4, -0.2) is 25.2 Å². The normalized spacial score (nSPS) is 16.8. The second kappa shape index (κ2) is 6.11. The standard InChI is InChI=1S/C20H25N5O2/c1-6-23-18(26)16-17(22(5)20(23)27)21-19-24(10-14(4)11-25(16)19)15-8-12(2)7-13(3)9-15/h7-9,14H,6,10-11H2,1-5H3/t14-/m1/s1. The maximum Gasteiger partial charge on any atom is 0.332 e. The number of anilines is 2. The Labute approximate surface area is 157 Å². The molecule has 0 unspecified atom stereocenters. The highest BCUT2D eigenvalue weighted by atomic mass is 16.2. The average Bonchev–Trinajstić information content (AvgIpc) is 2.98. The van der Waals surface area contributed by atoms with Gasteiger partial charge in [-0.3, -0.25) is 13.9 Å². The molecule has 0 saturated carbocycles. The van der Waals surface area contributed by atoms with Crippen LogP contribution < -0.4 is 16.1 Å². The fourth-order valence-electron chi connectivity index (χ4n) is 4.11. The van der Waals surface area contributed by atoms with E-state index in [9.17, 15) is 9.59 Å². The van der Waals surface area contributed by atoms with Crippen LogP contribution in [0.1, 0.15) is 25.0 Å². The Bertz CT molecular complexity index is 1150. The molecule has 0 N–H and O–H groups in total. The Kier molecular flexibility index (Phi) is 3.98. The first-order valence-corrected chi connectivity index (χ1v) is 9.37. The molecule has 1 atom stereocenters. The van der Waals surface area contributed by atoms with E-state index in [-0.39, 0.29) is 11.2 Å². The highest BCUT2D eigenvalue weighted by Gasteiger charge is 2.29. The van der Waals surface area contributed by atoms with E-state index in [4.69, 9.17) is 4.98 Å². The molecule has 1 aliphatic rings. The number of hydrogen-bond donors (Lipinski definition) is 0. The quantitative estimate of drug-likeness (QED) is 0.697. The highest BCUT2D eigenvalue weighted by molar-refractivity contribution is 5.77. The van der Waals surface area contributed by atoms with Crippen molar-refractivity contribution in [1.82, 2.24) is 18.7 Å². The van der Waals surface area contributed by atoms with Crippen LogP contribution in [0, 0.1) is 19.8 Å². The maximum atomic E-state index is 13.0. The number of benzene rings is 1. The number of hydrogen-bond acceptors (Lipinski definition) is 4. The van der Waals surface area contributed by atoms with E-state index in [1.54, 1.807) is 7.05 Å². The summed E-state index contributed by atoms with van der Waals surface area (Å²) in [7, 11) is 1.68. The minimum atomic E-state index is -0.323. The van der Waals surface area contributed by atoms with Crippen molar-refractivity contribution in [3.8, 4) is 0 Å². The van der Waals surface area contributed by atoms with E-state index in [0.29, 0.717) is 30.2 Å². The van der Waals surface area contributed by atoms with Crippen molar-refractivity contribution < 1.29 is 0 Å². The van der Waals surface area contributed by atoms with E-state index in [1.165, 1.54) is 20.3 Å². The van der Waals surface area contributed by atoms with E-state index >= 15 is 0 Å². The fourth-order valence-corrected chi connectivity index (χ4v) is 4.11. The van der Waals surface area contributed by atoms with Gasteiger partial charge in [-0.25, -0.2) is 4.79 Å². The lowest BCUT2D eigenvalue weighted by molar-refractivity contribution is 0.457. The number of rotatable bonds is 2. The van der Waals surface area contributed by atoms with E-state index in [2.05, 4.69) is 43.9 Å². The lowest BCUT2D eigenvalue weighted by Gasteiger charge is -2.33. The van der Waals surface area contributed by atoms with Gasteiger partial charge < -0.3 is 9.47 Å². The van der Waals surface area contributed by atoms with Crippen LogP contribution in [0.15, 0.2) is 27.8 Å². The first-order chi connectivity index (χ1) is 12.8. The second-order valence-electron chi connectivity index (χ2n) is 7.65. The molecule has 0 saturated heterocycles. The van der Waals surface area contributed by atoms with Crippen LogP contribution in [0.2, 0.25) is 0 Å². The third-order valence-electron chi connectivity index (χ3n) is 5.28. The molecule has 2 aromatic heterocycles. The Morgan fingerprint density at radius 1 is 1.11 bits per heavy atom. The summed E-state index contributed by atoms with van der Waals surface area (Å²) in [6, 6.07) is 6.42. The summed E-state index contributed by atoms with van der Waals surface area (Å²) in [5, 5.41) is 0. The molecule has 0 fully saturated rings. The zero-order valence-corrected chi connectivity index (χ0v) is 16.5. The highest BCUT2D eigenvalue weighted by Crippen LogP contribution is 2.33. The van der Waals surface area contributed by atoms with Crippen LogP contribution in [0.4, 0.5) is 11.6 Å². The molecule has 4 rings (SSSR count). The molecule has 1 aliphatic heterocycles. The zero-order chi connectivity index (χ0) is 19.5. The monoisotopic (exact) mass is 367 g/mol. The van der Waals surface area contributed by atoms with Crippen molar-refractivity contribution in [1.29, 1.82) is 0 Å². The molecule has 7 nitrogen and oxygen atoms in total. The van der Waals surface area contributed by atoms with Gasteiger partial charge in [0.25, 0.3) is 5.56 Å². The maximum absolute atomic E-state index is 13.0. The summed E-state index contributed by atoms with van der Waals surface area (Å²) in [5.41, 5.74) is 3.82. The van der Waals surface area contributed by atoms with Crippen LogP contribution in [-0.2, 0) is 20.1 Å². The van der Waals surface area contributed by atoms with Crippen molar-refractivity contribution in [3.05, 3.63) is 50.2 Å². The summed E-state index contributed by atoms with van der Waals surface area (Å²) < 4.78 is 4.74. The van der Waals surface area contributed by atoms with Gasteiger partial charge in [-0.15, -0.1) is 0 Å². The van der Waals surface area contributed by atoms with Crippen LogP contribution in [0.25, 0.3) is 11.2 Å². The molecule has 3 aromatic rings. The summed E-state index contributed by atoms with van der Waals surface area (Å²) in [5.74, 6) is 1.08. The summed E-state index contributed by atoms with van der Waals surface area (Å²) in [6.45, 7) is 10.0. The van der Waals surface area contributed by atoms with Gasteiger partial charge in [0.15, 0.2) is 11.2 Å². The Balaban J connectivity index is 2.04. The number of aromatic nitrogens is 4. The molecule has 1 aromatic carbocycles. The molecule has 27 heavy (non-hydrogen) atoms. The molecular formula is C20H25N5O2. The van der Waals surface area contributed by atoms with Gasteiger partial charge in [0.1, 0.15) is 0 Å². The average molecular weight is 367 g/mol. The van der Waals surface area contributed by atoms with E-state index in [1.807, 2.05) is 11.5 Å². The molecule has 0 amide bonds. The van der Waals surface area contributed by atoms with Gasteiger partial charge >= 0.3 is 5.69 Å². The minimum Gasteiger partial charge on any atom is -0.312 e. The number of aryl methyl sites for hydroxylation is 3. The van der Waals surface area contributed by atoms with Crippen LogP contribution in [0.3, 0.4) is 0 Å². The molecule has 0 bridgehead atoms. The third-order valence-corrected chi connectivity index (χ3v) is 5.28. The predicted molar refractivity (Wildman–Crippen MR) is 107 cm³/mol. The smallest absolute Gasteiger partial charge is 0.312 e. The van der Waals surface area contributed by atoms with Crippen molar-refractivity contribution in [2.75, 3.05) is 11.4 Å². The van der Waals surface area contributed by atoms with Gasteiger partial charge in [0, 0.05) is 32.4 Å². The number of nitrogens with zero attached hydrogens (tertiary/aromatic N) is 5. The van der Waals surface area contributed by atoms with Gasteiger partial charge in [-0.1, -0.05) is 13.0 Å². The zero-order valence-electron chi connectivity index (χ0n) is 16.5. The topological polar surface area (TPSA) is 65.1 Å². The molecule has 0 spiro atoms. The van der Waals surface area contributed by atoms with Crippen molar-refractivity contribution >= 4 is 22.8 Å². The van der Waals surface area contributed by atoms with Crippen molar-refractivity contribution in [2.24, 2.45) is 13.0 Å². The third kappa shape index (κ3) is 2.60. The molecule has 142 valence electrons. The minimum absolute atomic E-state index is 0.260. The molecule has 0 aliphatic carbocycles. The number of fused-ring (bicyclic) bond motifs is 3. The van der Waals surface area contributed by atoms with Crippen LogP contribution >= 0.6 is 0 Å². The number of imidazole rings is 1. The van der Waals surface area contributed by atoms with Crippen molar-refractivity contribution in [3.63, 3.8) is 0 Å². The SMILES string of the molecule is CCn1c(=O)c2c(nc3n2C[C@H](C)CN3c2cc(C)cc(C)c2)n(C)c1=O. The van der Waals surface area contributed by atoms with Gasteiger partial charge in [-0.05, 0) is 49.9 Å². The second-order valence-corrected chi connectivity index (χ2v) is 7.65. The predicted octanol–water partition coefficient (Wildman–Crippen LogP) is 2.32. The molecular weight excluding hydrogens is 342 g/mol. The van der Waals surface area contributed by atoms with Gasteiger partial charge in [0.05, 0.1) is 0 Å². The lowest BCUT2D eigenvalue weighted by atomic mass is 10.1. The van der Waals surface area contributed by atoms with Crippen LogP contribution in [0.5, 0.6) is 0 Å². The summed E-state index contributed by atoms with van der Waals surface area (Å²) in [4.78, 5) is 32.4. The van der Waals surface area contributed by atoms with E-state index < -0.39 is 0 Å². The lowest BCUT2D eigenvalue weighted by Crippen LogP contribution is -2.40. The molecule has 7 heteroatoms. The van der Waals surface area contributed by atoms with E-state index in [0.717, 1.165) is 18.2 Å². The Morgan fingerprint density at radius 2 is 1.78 bits per heavy atom. The summed E-state index contributed by atoms with van der Waals surface area (Å²) >= 11 is 0. The summed E-state index contributed by atoms with van der Waals surface area (Å²) in [6.07, 6.45) is 0. The van der Waals surface area contributed by atoms with Gasteiger partial charge in [0.2, 0.25) is 5.95 Å². The first-order valence-electron chi connectivity index (χ1n) is 9.37.